The van der Waals surface area contributed by atoms with Gasteiger partial charge in [-0.05, 0) is 36.8 Å². The first kappa shape index (κ1) is 15.4. The second kappa shape index (κ2) is 8.37. The predicted octanol–water partition coefficient (Wildman–Crippen LogP) is 3.28. The van der Waals surface area contributed by atoms with E-state index in [9.17, 15) is 4.79 Å². The molecule has 0 unspecified atom stereocenters. The molecule has 0 aromatic heterocycles. The van der Waals surface area contributed by atoms with E-state index in [4.69, 9.17) is 4.74 Å². The number of carbonyl (C=O) groups is 1. The molecule has 0 saturated carbocycles. The van der Waals surface area contributed by atoms with Crippen LogP contribution in [-0.2, 0) is 4.79 Å². The van der Waals surface area contributed by atoms with Crippen LogP contribution >= 0.6 is 11.8 Å². The van der Waals surface area contributed by atoms with E-state index in [-0.39, 0.29) is 5.91 Å². The monoisotopic (exact) mass is 301 g/mol. The molecule has 110 valence electrons. The third kappa shape index (κ3) is 5.92. The normalized spacial score (nSPS) is 10.1. The third-order valence-electron chi connectivity index (χ3n) is 2.80. The Balaban J connectivity index is 1.61. The van der Waals surface area contributed by atoms with Crippen molar-refractivity contribution in [3.63, 3.8) is 0 Å². The lowest BCUT2D eigenvalue weighted by molar-refractivity contribution is -0.118. The molecule has 0 fully saturated rings. The first-order chi connectivity index (χ1) is 10.2. The highest BCUT2D eigenvalue weighted by Gasteiger charge is 2.02. The largest absolute Gasteiger partial charge is 0.492 e. The maximum absolute atomic E-state index is 11.7. The average Bonchev–Trinajstić information content (AvgIpc) is 2.51. The van der Waals surface area contributed by atoms with Crippen LogP contribution in [-0.4, -0.2) is 24.8 Å². The highest BCUT2D eigenvalue weighted by Crippen LogP contribution is 2.16. The van der Waals surface area contributed by atoms with Crippen molar-refractivity contribution in [2.75, 3.05) is 18.9 Å². The molecular formula is C17H19NO2S. The van der Waals surface area contributed by atoms with Gasteiger partial charge in [-0.2, -0.15) is 0 Å². The molecule has 0 atom stereocenters. The summed E-state index contributed by atoms with van der Waals surface area (Å²) in [5.74, 6) is 1.29. The van der Waals surface area contributed by atoms with Gasteiger partial charge in [0.1, 0.15) is 12.4 Å². The van der Waals surface area contributed by atoms with Crippen molar-refractivity contribution < 1.29 is 9.53 Å². The van der Waals surface area contributed by atoms with Gasteiger partial charge in [0, 0.05) is 4.90 Å². The highest BCUT2D eigenvalue weighted by atomic mass is 32.2. The van der Waals surface area contributed by atoms with Crippen molar-refractivity contribution in [1.29, 1.82) is 0 Å². The molecule has 1 N–H and O–H groups in total. The number of carbonyl (C=O) groups excluding carboxylic acids is 1. The van der Waals surface area contributed by atoms with E-state index in [1.54, 1.807) is 0 Å². The minimum Gasteiger partial charge on any atom is -0.492 e. The lowest BCUT2D eigenvalue weighted by atomic mass is 10.2. The fraction of sp³-hybridized carbons (Fsp3) is 0.235. The van der Waals surface area contributed by atoms with Crippen LogP contribution in [0.4, 0.5) is 0 Å². The Hall–Kier alpha value is -1.94. The van der Waals surface area contributed by atoms with E-state index in [1.165, 1.54) is 11.8 Å². The van der Waals surface area contributed by atoms with E-state index in [0.29, 0.717) is 18.9 Å². The molecule has 2 aromatic rings. The van der Waals surface area contributed by atoms with Crippen molar-refractivity contribution in [1.82, 2.24) is 5.32 Å². The van der Waals surface area contributed by atoms with Gasteiger partial charge in [0.05, 0.1) is 12.3 Å². The Bertz CT molecular complexity index is 572. The maximum atomic E-state index is 11.7. The first-order valence-electron chi connectivity index (χ1n) is 6.88. The van der Waals surface area contributed by atoms with Crippen LogP contribution in [0.1, 0.15) is 5.56 Å². The molecule has 3 nitrogen and oxygen atoms in total. The van der Waals surface area contributed by atoms with Crippen molar-refractivity contribution in [3.8, 4) is 5.75 Å². The number of hydrogen-bond donors (Lipinski definition) is 1. The minimum atomic E-state index is 0.0247. The number of nitrogens with one attached hydrogen (secondary N) is 1. The minimum absolute atomic E-state index is 0.0247. The van der Waals surface area contributed by atoms with Gasteiger partial charge in [-0.25, -0.2) is 0 Å². The van der Waals surface area contributed by atoms with Gasteiger partial charge in [0.15, 0.2) is 0 Å². The molecule has 0 radical (unpaired) electrons. The summed E-state index contributed by atoms with van der Waals surface area (Å²) in [6, 6.07) is 17.8. The second-order valence-electron chi connectivity index (χ2n) is 4.62. The van der Waals surface area contributed by atoms with Gasteiger partial charge in [0.2, 0.25) is 5.91 Å². The van der Waals surface area contributed by atoms with E-state index in [2.05, 4.69) is 5.32 Å². The fourth-order valence-corrected chi connectivity index (χ4v) is 2.53. The van der Waals surface area contributed by atoms with E-state index in [0.717, 1.165) is 16.2 Å². The Labute approximate surface area is 129 Å². The van der Waals surface area contributed by atoms with Crippen molar-refractivity contribution >= 4 is 17.7 Å². The molecule has 0 aliphatic carbocycles. The van der Waals surface area contributed by atoms with Crippen LogP contribution in [0.15, 0.2) is 59.5 Å². The highest BCUT2D eigenvalue weighted by molar-refractivity contribution is 8.00. The summed E-state index contributed by atoms with van der Waals surface area (Å²) < 4.78 is 5.58. The summed E-state index contributed by atoms with van der Waals surface area (Å²) in [6.07, 6.45) is 0. The molecule has 0 saturated heterocycles. The van der Waals surface area contributed by atoms with Gasteiger partial charge in [-0.15, -0.1) is 11.8 Å². The third-order valence-corrected chi connectivity index (χ3v) is 3.81. The molecule has 4 heteroatoms. The van der Waals surface area contributed by atoms with Gasteiger partial charge in [0.25, 0.3) is 0 Å². The summed E-state index contributed by atoms with van der Waals surface area (Å²) in [6.45, 7) is 3.02. The summed E-state index contributed by atoms with van der Waals surface area (Å²) in [5, 5.41) is 2.85. The Morgan fingerprint density at radius 1 is 1.14 bits per heavy atom. The number of benzene rings is 2. The molecule has 0 heterocycles. The standard InChI is InChI=1S/C17H19NO2S/c1-14-6-5-7-15(12-14)20-11-10-18-17(19)13-21-16-8-3-2-4-9-16/h2-9,12H,10-11,13H2,1H3,(H,18,19). The fourth-order valence-electron chi connectivity index (χ4n) is 1.78. The Kier molecular flexibility index (Phi) is 6.16. The van der Waals surface area contributed by atoms with Crippen LogP contribution in [0.2, 0.25) is 0 Å². The average molecular weight is 301 g/mol. The van der Waals surface area contributed by atoms with Gasteiger partial charge >= 0.3 is 0 Å². The molecule has 2 rings (SSSR count). The number of hydrogen-bond acceptors (Lipinski definition) is 3. The summed E-state index contributed by atoms with van der Waals surface area (Å²) in [7, 11) is 0. The maximum Gasteiger partial charge on any atom is 0.230 e. The van der Waals surface area contributed by atoms with Crippen LogP contribution in [0.5, 0.6) is 5.75 Å². The second-order valence-corrected chi connectivity index (χ2v) is 5.67. The van der Waals surface area contributed by atoms with Crippen LogP contribution in [0.3, 0.4) is 0 Å². The van der Waals surface area contributed by atoms with E-state index in [1.807, 2.05) is 61.5 Å². The van der Waals surface area contributed by atoms with Gasteiger partial charge < -0.3 is 10.1 Å². The Morgan fingerprint density at radius 2 is 1.95 bits per heavy atom. The van der Waals surface area contributed by atoms with E-state index < -0.39 is 0 Å². The molecule has 1 amide bonds. The SMILES string of the molecule is Cc1cccc(OCCNC(=O)CSc2ccccc2)c1. The van der Waals surface area contributed by atoms with Gasteiger partial charge in [-0.3, -0.25) is 4.79 Å². The molecule has 0 bridgehead atoms. The van der Waals surface area contributed by atoms with Crippen molar-refractivity contribution in [3.05, 3.63) is 60.2 Å². The molecule has 2 aromatic carbocycles. The van der Waals surface area contributed by atoms with Crippen LogP contribution in [0, 0.1) is 6.92 Å². The zero-order valence-corrected chi connectivity index (χ0v) is 12.9. The molecule has 21 heavy (non-hydrogen) atoms. The zero-order valence-electron chi connectivity index (χ0n) is 12.0. The smallest absolute Gasteiger partial charge is 0.230 e. The van der Waals surface area contributed by atoms with Crippen molar-refractivity contribution in [2.24, 2.45) is 0 Å². The Morgan fingerprint density at radius 3 is 2.71 bits per heavy atom. The summed E-state index contributed by atoms with van der Waals surface area (Å²) in [5.41, 5.74) is 1.16. The number of aryl methyl sites for hydroxylation is 1. The number of amides is 1. The first-order valence-corrected chi connectivity index (χ1v) is 7.86. The van der Waals surface area contributed by atoms with Crippen LogP contribution in [0.25, 0.3) is 0 Å². The molecular weight excluding hydrogens is 282 g/mol. The predicted molar refractivity (Wildman–Crippen MR) is 86.8 cm³/mol. The molecule has 0 spiro atoms. The van der Waals surface area contributed by atoms with Gasteiger partial charge in [-0.1, -0.05) is 30.3 Å². The zero-order chi connectivity index (χ0) is 14.9. The number of ether oxygens (including phenoxy) is 1. The van der Waals surface area contributed by atoms with Crippen molar-refractivity contribution in [2.45, 2.75) is 11.8 Å². The lowest BCUT2D eigenvalue weighted by Crippen LogP contribution is -2.29. The summed E-state index contributed by atoms with van der Waals surface area (Å²) >= 11 is 1.53. The quantitative estimate of drug-likeness (QED) is 0.630. The molecule has 0 aliphatic rings. The lowest BCUT2D eigenvalue weighted by Gasteiger charge is -2.08. The number of thioether (sulfide) groups is 1. The topological polar surface area (TPSA) is 38.3 Å². The van der Waals surface area contributed by atoms with E-state index >= 15 is 0 Å². The van der Waals surface area contributed by atoms with Crippen LogP contribution < -0.4 is 10.1 Å². The summed E-state index contributed by atoms with van der Waals surface area (Å²) in [4.78, 5) is 12.8. The molecule has 0 aliphatic heterocycles. The number of rotatable bonds is 7.